The Balaban J connectivity index is 3.30. The van der Waals surface area contributed by atoms with Crippen LogP contribution >= 0.6 is 23.2 Å². The third-order valence-electron chi connectivity index (χ3n) is 1.70. The largest absolute Gasteiger partial charge is 0.265 e. The van der Waals surface area contributed by atoms with Crippen LogP contribution < -0.4 is 0 Å². The van der Waals surface area contributed by atoms with E-state index in [1.54, 1.807) is 6.92 Å². The van der Waals surface area contributed by atoms with Crippen LogP contribution in [0.15, 0.2) is 6.20 Å². The fraction of sp³-hybridized carbons (Fsp3) is 0.375. The normalized spacial score (nSPS) is 10.9. The van der Waals surface area contributed by atoms with Crippen molar-refractivity contribution in [2.24, 2.45) is 0 Å². The van der Waals surface area contributed by atoms with E-state index in [1.807, 2.05) is 0 Å². The molecule has 0 aliphatic heterocycles. The molecular formula is C8H7Cl2F2N. The van der Waals surface area contributed by atoms with Gasteiger partial charge in [-0.3, -0.25) is 4.98 Å². The lowest BCUT2D eigenvalue weighted by atomic mass is 10.1. The van der Waals surface area contributed by atoms with Crippen molar-refractivity contribution in [2.75, 3.05) is 0 Å². The maximum absolute atomic E-state index is 12.4. The molecule has 0 unspecified atom stereocenters. The van der Waals surface area contributed by atoms with Crippen LogP contribution in [0.5, 0.6) is 0 Å². The predicted molar refractivity (Wildman–Crippen MR) is 48.5 cm³/mol. The topological polar surface area (TPSA) is 12.9 Å². The first-order chi connectivity index (χ1) is 6.07. The summed E-state index contributed by atoms with van der Waals surface area (Å²) >= 11 is 11.3. The van der Waals surface area contributed by atoms with Crippen LogP contribution in [-0.4, -0.2) is 4.98 Å². The first-order valence-corrected chi connectivity index (χ1v) is 4.47. The summed E-state index contributed by atoms with van der Waals surface area (Å²) in [5, 5.41) is 0.229. The smallest absolute Gasteiger partial charge is 0.260 e. The molecule has 1 aromatic rings. The van der Waals surface area contributed by atoms with Crippen LogP contribution in [0.25, 0.3) is 0 Å². The van der Waals surface area contributed by atoms with Gasteiger partial charge in [-0.05, 0) is 12.5 Å². The summed E-state index contributed by atoms with van der Waals surface area (Å²) < 4.78 is 24.7. The van der Waals surface area contributed by atoms with Crippen LogP contribution in [0, 0.1) is 6.92 Å². The van der Waals surface area contributed by atoms with E-state index in [1.165, 1.54) is 0 Å². The Morgan fingerprint density at radius 1 is 1.54 bits per heavy atom. The van der Waals surface area contributed by atoms with Crippen LogP contribution in [0.3, 0.4) is 0 Å². The lowest BCUT2D eigenvalue weighted by molar-refractivity contribution is 0.150. The number of pyridine rings is 1. The van der Waals surface area contributed by atoms with Gasteiger partial charge in [0, 0.05) is 17.6 Å². The molecule has 0 atom stereocenters. The molecule has 5 heteroatoms. The first-order valence-electron chi connectivity index (χ1n) is 3.56. The molecule has 0 saturated carbocycles. The number of hydrogen-bond donors (Lipinski definition) is 0. The van der Waals surface area contributed by atoms with E-state index in [-0.39, 0.29) is 22.0 Å². The Morgan fingerprint density at radius 2 is 2.15 bits per heavy atom. The molecule has 0 fully saturated rings. The number of halogens is 4. The molecular weight excluding hydrogens is 219 g/mol. The lowest BCUT2D eigenvalue weighted by Gasteiger charge is -2.08. The Labute approximate surface area is 84.7 Å². The van der Waals surface area contributed by atoms with Crippen molar-refractivity contribution in [1.29, 1.82) is 0 Å². The number of aromatic nitrogens is 1. The predicted octanol–water partition coefficient (Wildman–Crippen LogP) is 3.72. The van der Waals surface area contributed by atoms with E-state index in [0.29, 0.717) is 5.69 Å². The number of nitrogens with zero attached hydrogens (tertiary/aromatic N) is 1. The Hall–Kier alpha value is -0.410. The zero-order valence-electron chi connectivity index (χ0n) is 6.82. The summed E-state index contributed by atoms with van der Waals surface area (Å²) in [6.07, 6.45) is -1.47. The van der Waals surface area contributed by atoms with Gasteiger partial charge in [-0.2, -0.15) is 0 Å². The monoisotopic (exact) mass is 225 g/mol. The van der Waals surface area contributed by atoms with Crippen molar-refractivity contribution in [3.8, 4) is 0 Å². The first kappa shape index (κ1) is 10.7. The molecule has 0 aliphatic carbocycles. The van der Waals surface area contributed by atoms with Gasteiger partial charge in [0.05, 0.1) is 10.7 Å². The summed E-state index contributed by atoms with van der Waals surface area (Å²) in [5.41, 5.74) is 0.596. The van der Waals surface area contributed by atoms with Crippen molar-refractivity contribution < 1.29 is 8.78 Å². The molecule has 0 aliphatic rings. The molecule has 0 aromatic carbocycles. The zero-order chi connectivity index (χ0) is 10.0. The van der Waals surface area contributed by atoms with Gasteiger partial charge < -0.3 is 0 Å². The molecule has 0 N–H and O–H groups in total. The zero-order valence-corrected chi connectivity index (χ0v) is 8.33. The van der Waals surface area contributed by atoms with E-state index >= 15 is 0 Å². The van der Waals surface area contributed by atoms with E-state index in [2.05, 4.69) is 4.98 Å². The van der Waals surface area contributed by atoms with Crippen molar-refractivity contribution in [3.63, 3.8) is 0 Å². The van der Waals surface area contributed by atoms with Gasteiger partial charge in [-0.25, -0.2) is 8.78 Å². The standard InChI is InChI=1S/C8H7Cl2F2N/c1-4-7(10)5(2-9)6(3-13-4)8(11)12/h3,8H,2H2,1H3. The molecule has 0 radical (unpaired) electrons. The summed E-state index contributed by atoms with van der Waals surface area (Å²) in [7, 11) is 0. The molecule has 0 spiro atoms. The molecule has 0 saturated heterocycles. The van der Waals surface area contributed by atoms with E-state index in [0.717, 1.165) is 6.20 Å². The fourth-order valence-corrected chi connectivity index (χ4v) is 1.55. The minimum Gasteiger partial charge on any atom is -0.260 e. The quantitative estimate of drug-likeness (QED) is 0.700. The third-order valence-corrected chi connectivity index (χ3v) is 2.47. The maximum Gasteiger partial charge on any atom is 0.265 e. The highest BCUT2D eigenvalue weighted by Gasteiger charge is 2.16. The molecule has 1 rings (SSSR count). The van der Waals surface area contributed by atoms with Crippen LogP contribution in [0.4, 0.5) is 8.78 Å². The van der Waals surface area contributed by atoms with Gasteiger partial charge in [0.15, 0.2) is 0 Å². The van der Waals surface area contributed by atoms with Crippen molar-refractivity contribution in [3.05, 3.63) is 28.0 Å². The summed E-state index contributed by atoms with van der Waals surface area (Å²) in [5.74, 6) is -0.0259. The fourth-order valence-electron chi connectivity index (χ4n) is 0.970. The van der Waals surface area contributed by atoms with Gasteiger partial charge in [0.1, 0.15) is 0 Å². The van der Waals surface area contributed by atoms with E-state index in [4.69, 9.17) is 23.2 Å². The molecule has 0 bridgehead atoms. The molecule has 1 nitrogen and oxygen atoms in total. The highest BCUT2D eigenvalue weighted by Crippen LogP contribution is 2.30. The summed E-state index contributed by atoms with van der Waals surface area (Å²) in [4.78, 5) is 3.74. The highest BCUT2D eigenvalue weighted by molar-refractivity contribution is 6.32. The van der Waals surface area contributed by atoms with Crippen LogP contribution in [0.2, 0.25) is 5.02 Å². The van der Waals surface area contributed by atoms with Gasteiger partial charge in [0.2, 0.25) is 0 Å². The second-order valence-corrected chi connectivity index (χ2v) is 3.17. The molecule has 1 aromatic heterocycles. The minimum atomic E-state index is -2.58. The molecule has 1 heterocycles. The molecule has 13 heavy (non-hydrogen) atoms. The van der Waals surface area contributed by atoms with Crippen molar-refractivity contribution in [1.82, 2.24) is 4.98 Å². The maximum atomic E-state index is 12.4. The molecule has 0 amide bonds. The number of aryl methyl sites for hydroxylation is 1. The highest BCUT2D eigenvalue weighted by atomic mass is 35.5. The summed E-state index contributed by atoms with van der Waals surface area (Å²) in [6, 6.07) is 0. The van der Waals surface area contributed by atoms with Crippen LogP contribution in [-0.2, 0) is 5.88 Å². The SMILES string of the molecule is Cc1ncc(C(F)F)c(CCl)c1Cl. The lowest BCUT2D eigenvalue weighted by Crippen LogP contribution is -1.97. The van der Waals surface area contributed by atoms with Gasteiger partial charge >= 0.3 is 0 Å². The number of hydrogen-bond acceptors (Lipinski definition) is 1. The number of alkyl halides is 3. The average molecular weight is 226 g/mol. The summed E-state index contributed by atoms with van der Waals surface area (Å²) in [6.45, 7) is 1.65. The van der Waals surface area contributed by atoms with Gasteiger partial charge in [0.25, 0.3) is 6.43 Å². The van der Waals surface area contributed by atoms with E-state index < -0.39 is 6.43 Å². The molecule has 72 valence electrons. The van der Waals surface area contributed by atoms with Gasteiger partial charge in [-0.15, -0.1) is 11.6 Å². The Morgan fingerprint density at radius 3 is 2.62 bits per heavy atom. The van der Waals surface area contributed by atoms with E-state index in [9.17, 15) is 8.78 Å². The second kappa shape index (κ2) is 4.20. The van der Waals surface area contributed by atoms with Crippen LogP contribution in [0.1, 0.15) is 23.2 Å². The van der Waals surface area contributed by atoms with Gasteiger partial charge in [-0.1, -0.05) is 11.6 Å². The minimum absolute atomic E-state index is 0.0259. The number of rotatable bonds is 2. The second-order valence-electron chi connectivity index (χ2n) is 2.53. The third kappa shape index (κ3) is 2.09. The Bertz CT molecular complexity index is 315. The van der Waals surface area contributed by atoms with Crippen molar-refractivity contribution in [2.45, 2.75) is 19.2 Å². The van der Waals surface area contributed by atoms with Crippen molar-refractivity contribution >= 4 is 23.2 Å². The average Bonchev–Trinajstić information content (AvgIpc) is 2.09. The Kier molecular flexibility index (Phi) is 3.45.